The van der Waals surface area contributed by atoms with E-state index in [4.69, 9.17) is 9.47 Å². The van der Waals surface area contributed by atoms with Crippen molar-refractivity contribution in [1.82, 2.24) is 0 Å². The molecule has 2 N–H and O–H groups in total. The van der Waals surface area contributed by atoms with E-state index in [1.165, 1.54) is 13.0 Å². The van der Waals surface area contributed by atoms with E-state index in [2.05, 4.69) is 5.32 Å². The van der Waals surface area contributed by atoms with Crippen molar-refractivity contribution in [3.05, 3.63) is 47.5 Å². The minimum absolute atomic E-state index is 0.0100. The topological polar surface area (TPSA) is 67.8 Å². The van der Waals surface area contributed by atoms with Crippen LogP contribution in [0.1, 0.15) is 22.8 Å². The highest BCUT2D eigenvalue weighted by molar-refractivity contribution is 5.97. The fourth-order valence-electron chi connectivity index (χ4n) is 2.12. The Bertz CT molecular complexity index is 682. The van der Waals surface area contributed by atoms with Crippen LogP contribution < -0.4 is 14.8 Å². The molecule has 116 valence electrons. The highest BCUT2D eigenvalue weighted by Crippen LogP contribution is 2.28. The van der Waals surface area contributed by atoms with Gasteiger partial charge in [0.25, 0.3) is 0 Å². The number of hydrogen-bond donors (Lipinski definition) is 2. The first-order valence-electron chi connectivity index (χ1n) is 6.84. The first kappa shape index (κ1) is 15.7. The summed E-state index contributed by atoms with van der Waals surface area (Å²) in [6.45, 7) is 1.98. The number of nitrogens with one attached hydrogen (secondary N) is 1. The molecule has 0 radical (unpaired) electrons. The maximum absolute atomic E-state index is 11.4. The van der Waals surface area contributed by atoms with Crippen LogP contribution in [0.5, 0.6) is 17.2 Å². The van der Waals surface area contributed by atoms with Gasteiger partial charge in [-0.2, -0.15) is 0 Å². The molecule has 0 heterocycles. The van der Waals surface area contributed by atoms with Crippen molar-refractivity contribution >= 4 is 11.5 Å². The monoisotopic (exact) mass is 301 g/mol. The zero-order valence-electron chi connectivity index (χ0n) is 12.8. The fraction of sp³-hybridized carbons (Fsp3) is 0.235. The molecule has 22 heavy (non-hydrogen) atoms. The van der Waals surface area contributed by atoms with Gasteiger partial charge in [0.1, 0.15) is 5.75 Å². The average molecular weight is 301 g/mol. The Kier molecular flexibility index (Phi) is 4.88. The molecule has 2 rings (SSSR count). The summed E-state index contributed by atoms with van der Waals surface area (Å²) >= 11 is 0. The number of phenolic OH excluding ortho intramolecular Hbond substituents is 1. The Labute approximate surface area is 129 Å². The third kappa shape index (κ3) is 3.49. The third-order valence-electron chi connectivity index (χ3n) is 3.32. The summed E-state index contributed by atoms with van der Waals surface area (Å²) in [5.41, 5.74) is 2.07. The Morgan fingerprint density at radius 3 is 2.45 bits per heavy atom. The first-order chi connectivity index (χ1) is 10.5. The van der Waals surface area contributed by atoms with E-state index in [9.17, 15) is 9.90 Å². The predicted molar refractivity (Wildman–Crippen MR) is 85.0 cm³/mol. The SMILES string of the molecule is COc1ccc(CNc2ccc(O)c(C(C)=O)c2)cc1OC. The number of Topliss-reactive ketones (excluding diaryl/α,β-unsaturated/α-hetero) is 1. The van der Waals surface area contributed by atoms with Gasteiger partial charge in [-0.15, -0.1) is 0 Å². The van der Waals surface area contributed by atoms with E-state index in [0.29, 0.717) is 23.6 Å². The molecule has 0 aliphatic carbocycles. The number of phenols is 1. The van der Waals surface area contributed by atoms with Crippen LogP contribution in [0, 0.1) is 0 Å². The maximum Gasteiger partial charge on any atom is 0.163 e. The Morgan fingerprint density at radius 1 is 1.09 bits per heavy atom. The van der Waals surface area contributed by atoms with Crippen molar-refractivity contribution in [3.8, 4) is 17.2 Å². The van der Waals surface area contributed by atoms with Gasteiger partial charge in [0.05, 0.1) is 19.8 Å². The number of hydrogen-bond acceptors (Lipinski definition) is 5. The van der Waals surface area contributed by atoms with Gasteiger partial charge in [0, 0.05) is 12.2 Å². The van der Waals surface area contributed by atoms with Crippen molar-refractivity contribution in [2.24, 2.45) is 0 Å². The lowest BCUT2D eigenvalue weighted by molar-refractivity contribution is 0.101. The van der Waals surface area contributed by atoms with Gasteiger partial charge < -0.3 is 19.9 Å². The highest BCUT2D eigenvalue weighted by Gasteiger charge is 2.08. The number of ketones is 1. The first-order valence-corrected chi connectivity index (χ1v) is 6.84. The Hall–Kier alpha value is -2.69. The lowest BCUT2D eigenvalue weighted by Crippen LogP contribution is -2.02. The van der Waals surface area contributed by atoms with Crippen LogP contribution in [-0.2, 0) is 6.54 Å². The standard InChI is InChI=1S/C17H19NO4/c1-11(19)14-9-13(5-6-15(14)20)18-10-12-4-7-16(21-2)17(8-12)22-3/h4-9,18,20H,10H2,1-3H3. The lowest BCUT2D eigenvalue weighted by Gasteiger charge is -2.12. The third-order valence-corrected chi connectivity index (χ3v) is 3.32. The zero-order valence-corrected chi connectivity index (χ0v) is 12.8. The van der Waals surface area contributed by atoms with Crippen LogP contribution in [0.25, 0.3) is 0 Å². The molecule has 0 unspecified atom stereocenters. The van der Waals surface area contributed by atoms with E-state index in [1.807, 2.05) is 18.2 Å². The molecule has 0 spiro atoms. The number of carbonyl (C=O) groups excluding carboxylic acids is 1. The molecule has 0 aliphatic rings. The van der Waals surface area contributed by atoms with Crippen molar-refractivity contribution < 1.29 is 19.4 Å². The van der Waals surface area contributed by atoms with Crippen LogP contribution in [0.15, 0.2) is 36.4 Å². The van der Waals surface area contributed by atoms with E-state index in [1.54, 1.807) is 26.4 Å². The van der Waals surface area contributed by atoms with Gasteiger partial charge in [0.15, 0.2) is 17.3 Å². The number of aromatic hydroxyl groups is 1. The smallest absolute Gasteiger partial charge is 0.163 e. The molecule has 0 fully saturated rings. The van der Waals surface area contributed by atoms with Gasteiger partial charge >= 0.3 is 0 Å². The molecule has 0 aromatic heterocycles. The van der Waals surface area contributed by atoms with Crippen LogP contribution in [-0.4, -0.2) is 25.1 Å². The van der Waals surface area contributed by atoms with E-state index >= 15 is 0 Å². The Morgan fingerprint density at radius 2 is 1.82 bits per heavy atom. The molecule has 0 amide bonds. The largest absolute Gasteiger partial charge is 0.507 e. The molecule has 0 saturated carbocycles. The summed E-state index contributed by atoms with van der Waals surface area (Å²) < 4.78 is 10.5. The summed E-state index contributed by atoms with van der Waals surface area (Å²) in [6, 6.07) is 10.5. The van der Waals surface area contributed by atoms with Gasteiger partial charge in [-0.25, -0.2) is 0 Å². The number of rotatable bonds is 6. The summed E-state index contributed by atoms with van der Waals surface area (Å²) in [4.78, 5) is 11.4. The zero-order chi connectivity index (χ0) is 16.1. The normalized spacial score (nSPS) is 10.1. The van der Waals surface area contributed by atoms with Crippen LogP contribution in [0.3, 0.4) is 0 Å². The second-order valence-electron chi connectivity index (χ2n) is 4.83. The molecule has 5 heteroatoms. The van der Waals surface area contributed by atoms with Gasteiger partial charge in [-0.3, -0.25) is 4.79 Å². The Balaban J connectivity index is 2.13. The number of methoxy groups -OCH3 is 2. The fourth-order valence-corrected chi connectivity index (χ4v) is 2.12. The minimum atomic E-state index is -0.174. The van der Waals surface area contributed by atoms with Crippen molar-refractivity contribution in [2.45, 2.75) is 13.5 Å². The van der Waals surface area contributed by atoms with Crippen molar-refractivity contribution in [3.63, 3.8) is 0 Å². The number of ether oxygens (including phenoxy) is 2. The van der Waals surface area contributed by atoms with E-state index < -0.39 is 0 Å². The molecule has 0 aliphatic heterocycles. The maximum atomic E-state index is 11.4. The molecule has 0 saturated heterocycles. The van der Waals surface area contributed by atoms with E-state index in [-0.39, 0.29) is 11.5 Å². The van der Waals surface area contributed by atoms with Crippen LogP contribution in [0.2, 0.25) is 0 Å². The molecule has 0 atom stereocenters. The number of carbonyl (C=O) groups is 1. The summed E-state index contributed by atoms with van der Waals surface area (Å²) in [6.07, 6.45) is 0. The predicted octanol–water partition coefficient (Wildman–Crippen LogP) is 3.22. The van der Waals surface area contributed by atoms with Crippen molar-refractivity contribution in [2.75, 3.05) is 19.5 Å². The molecular weight excluding hydrogens is 282 g/mol. The quantitative estimate of drug-likeness (QED) is 0.633. The molecular formula is C17H19NO4. The number of benzene rings is 2. The second kappa shape index (κ2) is 6.85. The molecule has 0 bridgehead atoms. The summed E-state index contributed by atoms with van der Waals surface area (Å²) in [7, 11) is 3.18. The highest BCUT2D eigenvalue weighted by atomic mass is 16.5. The van der Waals surface area contributed by atoms with E-state index in [0.717, 1.165) is 11.3 Å². The molecule has 2 aromatic rings. The summed E-state index contributed by atoms with van der Waals surface area (Å²) in [5, 5.41) is 12.9. The second-order valence-corrected chi connectivity index (χ2v) is 4.83. The minimum Gasteiger partial charge on any atom is -0.507 e. The van der Waals surface area contributed by atoms with Gasteiger partial charge in [-0.1, -0.05) is 6.07 Å². The van der Waals surface area contributed by atoms with Gasteiger partial charge in [-0.05, 0) is 42.8 Å². The van der Waals surface area contributed by atoms with Crippen molar-refractivity contribution in [1.29, 1.82) is 0 Å². The molecule has 5 nitrogen and oxygen atoms in total. The van der Waals surface area contributed by atoms with Crippen LogP contribution in [0.4, 0.5) is 5.69 Å². The molecule has 2 aromatic carbocycles. The lowest BCUT2D eigenvalue weighted by atomic mass is 10.1. The van der Waals surface area contributed by atoms with Crippen LogP contribution >= 0.6 is 0 Å². The summed E-state index contributed by atoms with van der Waals surface area (Å²) in [5.74, 6) is 1.16. The average Bonchev–Trinajstić information content (AvgIpc) is 2.53. The number of anilines is 1. The van der Waals surface area contributed by atoms with Gasteiger partial charge in [0.2, 0.25) is 0 Å².